The Morgan fingerprint density at radius 2 is 1.67 bits per heavy atom. The standard InChI is InChI=1S/C24H26FN3OS/c1-18(26-24(29)19-9-11-20(25)12-10-19)23(22-8-5-17-30-22)28-15-13-27(14-16-28)21-6-3-2-4-7-21/h2-12,17-18,23H,13-16H2,1H3,(H,26,29). The van der Waals surface area contributed by atoms with Crippen LogP contribution in [0.2, 0.25) is 0 Å². The van der Waals surface area contributed by atoms with Crippen molar-refractivity contribution < 1.29 is 9.18 Å². The number of hydrogen-bond acceptors (Lipinski definition) is 4. The molecule has 0 saturated carbocycles. The third-order valence-electron chi connectivity index (χ3n) is 5.60. The lowest BCUT2D eigenvalue weighted by atomic mass is 10.0. The molecule has 2 aromatic carbocycles. The second-order valence-electron chi connectivity index (χ2n) is 7.59. The summed E-state index contributed by atoms with van der Waals surface area (Å²) in [7, 11) is 0. The summed E-state index contributed by atoms with van der Waals surface area (Å²) in [5.74, 6) is -0.515. The van der Waals surface area contributed by atoms with Gasteiger partial charge in [0.15, 0.2) is 0 Å². The number of para-hydroxylation sites is 1. The maximum Gasteiger partial charge on any atom is 0.251 e. The molecule has 2 atom stereocenters. The van der Waals surface area contributed by atoms with E-state index in [2.05, 4.69) is 63.8 Å². The first kappa shape index (κ1) is 20.6. The number of amides is 1. The fourth-order valence-corrected chi connectivity index (χ4v) is 5.03. The second-order valence-corrected chi connectivity index (χ2v) is 8.57. The van der Waals surface area contributed by atoms with Gasteiger partial charge >= 0.3 is 0 Å². The molecule has 2 heterocycles. The van der Waals surface area contributed by atoms with E-state index < -0.39 is 0 Å². The largest absolute Gasteiger partial charge is 0.369 e. The zero-order valence-corrected chi connectivity index (χ0v) is 17.8. The number of anilines is 1. The second kappa shape index (κ2) is 9.41. The lowest BCUT2D eigenvalue weighted by molar-refractivity contribution is 0.0890. The van der Waals surface area contributed by atoms with Crippen molar-refractivity contribution in [3.8, 4) is 0 Å². The van der Waals surface area contributed by atoms with Gasteiger partial charge in [-0.2, -0.15) is 0 Å². The van der Waals surface area contributed by atoms with E-state index in [1.807, 2.05) is 6.07 Å². The number of thiophene rings is 1. The van der Waals surface area contributed by atoms with Crippen molar-refractivity contribution in [1.82, 2.24) is 10.2 Å². The van der Waals surface area contributed by atoms with Gasteiger partial charge in [0.1, 0.15) is 5.82 Å². The maximum absolute atomic E-state index is 13.2. The molecule has 1 aromatic heterocycles. The molecule has 0 bridgehead atoms. The van der Waals surface area contributed by atoms with Crippen molar-refractivity contribution in [2.24, 2.45) is 0 Å². The molecule has 4 rings (SSSR count). The van der Waals surface area contributed by atoms with E-state index in [1.165, 1.54) is 34.8 Å². The minimum absolute atomic E-state index is 0.0792. The summed E-state index contributed by atoms with van der Waals surface area (Å²) >= 11 is 1.72. The molecule has 2 unspecified atom stereocenters. The fraction of sp³-hybridized carbons (Fsp3) is 0.292. The zero-order chi connectivity index (χ0) is 20.9. The van der Waals surface area contributed by atoms with Crippen LogP contribution < -0.4 is 10.2 Å². The van der Waals surface area contributed by atoms with Gasteiger partial charge in [-0.15, -0.1) is 11.3 Å². The molecule has 156 valence electrons. The molecule has 1 amide bonds. The summed E-state index contributed by atoms with van der Waals surface area (Å²) in [6, 6.07) is 20.4. The first-order chi connectivity index (χ1) is 14.6. The van der Waals surface area contributed by atoms with Gasteiger partial charge < -0.3 is 10.2 Å². The molecule has 1 aliphatic heterocycles. The number of nitrogens with zero attached hydrogens (tertiary/aromatic N) is 2. The molecule has 3 aromatic rings. The highest BCUT2D eigenvalue weighted by Gasteiger charge is 2.31. The minimum atomic E-state index is -0.340. The lowest BCUT2D eigenvalue weighted by Crippen LogP contribution is -2.52. The minimum Gasteiger partial charge on any atom is -0.369 e. The Labute approximate surface area is 180 Å². The third-order valence-corrected chi connectivity index (χ3v) is 6.55. The maximum atomic E-state index is 13.2. The molecule has 1 aliphatic rings. The van der Waals surface area contributed by atoms with Gasteiger partial charge in [-0.05, 0) is 54.8 Å². The van der Waals surface area contributed by atoms with Crippen molar-refractivity contribution in [2.45, 2.75) is 19.0 Å². The van der Waals surface area contributed by atoms with Crippen LogP contribution in [0.15, 0.2) is 72.1 Å². The molecule has 30 heavy (non-hydrogen) atoms. The van der Waals surface area contributed by atoms with Gasteiger partial charge in [-0.25, -0.2) is 4.39 Å². The van der Waals surface area contributed by atoms with Gasteiger partial charge in [0.25, 0.3) is 5.91 Å². The van der Waals surface area contributed by atoms with Crippen molar-refractivity contribution in [2.75, 3.05) is 31.1 Å². The van der Waals surface area contributed by atoms with Crippen LogP contribution in [0, 0.1) is 5.82 Å². The number of hydrogen-bond donors (Lipinski definition) is 1. The number of rotatable bonds is 6. The van der Waals surface area contributed by atoms with E-state index in [1.54, 1.807) is 11.3 Å². The predicted octanol–water partition coefficient (Wildman–Crippen LogP) is 4.57. The van der Waals surface area contributed by atoms with E-state index >= 15 is 0 Å². The summed E-state index contributed by atoms with van der Waals surface area (Å²) < 4.78 is 13.2. The van der Waals surface area contributed by atoms with E-state index in [0.717, 1.165) is 26.2 Å². The van der Waals surface area contributed by atoms with Crippen molar-refractivity contribution in [3.05, 3.63) is 88.4 Å². The zero-order valence-electron chi connectivity index (χ0n) is 17.0. The molecular weight excluding hydrogens is 397 g/mol. The average Bonchev–Trinajstić information content (AvgIpc) is 3.30. The Bertz CT molecular complexity index is 938. The summed E-state index contributed by atoms with van der Waals surface area (Å²) in [6.45, 7) is 5.80. The molecule has 1 saturated heterocycles. The van der Waals surface area contributed by atoms with Crippen LogP contribution in [0.1, 0.15) is 28.2 Å². The number of carbonyl (C=O) groups excluding carboxylic acids is 1. The van der Waals surface area contributed by atoms with E-state index in [4.69, 9.17) is 0 Å². The van der Waals surface area contributed by atoms with Crippen LogP contribution in [0.3, 0.4) is 0 Å². The van der Waals surface area contributed by atoms with Crippen molar-refractivity contribution in [1.29, 1.82) is 0 Å². The van der Waals surface area contributed by atoms with Crippen LogP contribution in [0.4, 0.5) is 10.1 Å². The van der Waals surface area contributed by atoms with Crippen LogP contribution in [0.5, 0.6) is 0 Å². The predicted molar refractivity (Wildman–Crippen MR) is 121 cm³/mol. The van der Waals surface area contributed by atoms with Gasteiger partial charge in [-0.3, -0.25) is 9.69 Å². The SMILES string of the molecule is CC(NC(=O)c1ccc(F)cc1)C(c1cccs1)N1CCN(c2ccccc2)CC1. The van der Waals surface area contributed by atoms with Gasteiger partial charge in [0, 0.05) is 48.3 Å². The third kappa shape index (κ3) is 4.71. The van der Waals surface area contributed by atoms with Crippen molar-refractivity contribution >= 4 is 22.9 Å². The first-order valence-corrected chi connectivity index (χ1v) is 11.1. The molecular formula is C24H26FN3OS. The molecule has 1 fully saturated rings. The van der Waals surface area contributed by atoms with Gasteiger partial charge in [0.05, 0.1) is 6.04 Å². The molecule has 6 heteroatoms. The van der Waals surface area contributed by atoms with Crippen LogP contribution in [-0.2, 0) is 0 Å². The quantitative estimate of drug-likeness (QED) is 0.631. The number of halogens is 1. The highest BCUT2D eigenvalue weighted by Crippen LogP contribution is 2.30. The van der Waals surface area contributed by atoms with Crippen molar-refractivity contribution in [3.63, 3.8) is 0 Å². The Morgan fingerprint density at radius 1 is 0.967 bits per heavy atom. The Hall–Kier alpha value is -2.70. The molecule has 0 radical (unpaired) electrons. The van der Waals surface area contributed by atoms with Crippen LogP contribution in [0.25, 0.3) is 0 Å². The van der Waals surface area contributed by atoms with E-state index in [0.29, 0.717) is 5.56 Å². The van der Waals surface area contributed by atoms with Gasteiger partial charge in [0.2, 0.25) is 0 Å². The van der Waals surface area contributed by atoms with Crippen LogP contribution in [-0.4, -0.2) is 43.0 Å². The Morgan fingerprint density at radius 3 is 2.30 bits per heavy atom. The topological polar surface area (TPSA) is 35.6 Å². The molecule has 1 N–H and O–H groups in total. The normalized spacial score (nSPS) is 16.8. The van der Waals surface area contributed by atoms with E-state index in [-0.39, 0.29) is 23.8 Å². The summed E-state index contributed by atoms with van der Waals surface area (Å²) in [5.41, 5.74) is 1.73. The fourth-order valence-electron chi connectivity index (χ4n) is 4.07. The first-order valence-electron chi connectivity index (χ1n) is 10.3. The Kier molecular flexibility index (Phi) is 6.45. The smallest absolute Gasteiger partial charge is 0.251 e. The Balaban J connectivity index is 1.46. The lowest BCUT2D eigenvalue weighted by Gasteiger charge is -2.42. The highest BCUT2D eigenvalue weighted by atomic mass is 32.1. The van der Waals surface area contributed by atoms with Crippen LogP contribution >= 0.6 is 11.3 Å². The molecule has 0 aliphatic carbocycles. The number of benzene rings is 2. The molecule has 4 nitrogen and oxygen atoms in total. The number of piperazine rings is 1. The van der Waals surface area contributed by atoms with E-state index in [9.17, 15) is 9.18 Å². The summed E-state index contributed by atoms with van der Waals surface area (Å²) in [6.07, 6.45) is 0. The summed E-state index contributed by atoms with van der Waals surface area (Å²) in [4.78, 5) is 18.8. The monoisotopic (exact) mass is 423 g/mol. The number of nitrogens with one attached hydrogen (secondary N) is 1. The number of carbonyl (C=O) groups is 1. The summed E-state index contributed by atoms with van der Waals surface area (Å²) in [5, 5.41) is 5.21. The molecule has 0 spiro atoms. The highest BCUT2D eigenvalue weighted by molar-refractivity contribution is 7.10. The van der Waals surface area contributed by atoms with Gasteiger partial charge in [-0.1, -0.05) is 24.3 Å². The average molecular weight is 424 g/mol.